The molecule has 0 saturated heterocycles. The van der Waals surface area contributed by atoms with Crippen molar-refractivity contribution in [1.29, 1.82) is 0 Å². The number of rotatable bonds is 2. The van der Waals surface area contributed by atoms with Gasteiger partial charge >= 0.3 is 0 Å². The van der Waals surface area contributed by atoms with Crippen molar-refractivity contribution < 1.29 is 0 Å². The maximum Gasteiger partial charge on any atom is 0.0372 e. The molecule has 16 heavy (non-hydrogen) atoms. The van der Waals surface area contributed by atoms with Crippen LogP contribution < -0.4 is 11.1 Å². The Morgan fingerprint density at radius 2 is 1.94 bits per heavy atom. The molecule has 0 heterocycles. The van der Waals surface area contributed by atoms with E-state index in [1.807, 2.05) is 0 Å². The molecule has 0 bridgehead atoms. The molecule has 1 fully saturated rings. The maximum absolute atomic E-state index is 5.91. The van der Waals surface area contributed by atoms with Crippen LogP contribution in [0.1, 0.15) is 31.2 Å². The number of anilines is 1. The molecule has 0 aliphatic heterocycles. The molecular weight excluding hydrogens is 264 g/mol. The summed E-state index contributed by atoms with van der Waals surface area (Å²) in [4.78, 5) is 0. The fourth-order valence-electron chi connectivity index (χ4n) is 2.27. The highest BCUT2D eigenvalue weighted by atomic mass is 79.9. The van der Waals surface area contributed by atoms with Gasteiger partial charge in [0.1, 0.15) is 0 Å². The topological polar surface area (TPSA) is 38.0 Å². The number of benzene rings is 1. The summed E-state index contributed by atoms with van der Waals surface area (Å²) in [6.07, 6.45) is 4.67. The van der Waals surface area contributed by atoms with E-state index in [1.165, 1.54) is 24.1 Å². The summed E-state index contributed by atoms with van der Waals surface area (Å²) in [6.45, 7) is 2.14. The lowest BCUT2D eigenvalue weighted by atomic mass is 9.91. The molecule has 1 aliphatic rings. The second-order valence-electron chi connectivity index (χ2n) is 4.72. The molecule has 1 saturated carbocycles. The summed E-state index contributed by atoms with van der Waals surface area (Å²) in [5.74, 6) is 0. The van der Waals surface area contributed by atoms with E-state index in [9.17, 15) is 0 Å². The summed E-state index contributed by atoms with van der Waals surface area (Å²) >= 11 is 3.49. The second-order valence-corrected chi connectivity index (χ2v) is 5.63. The lowest BCUT2D eigenvalue weighted by molar-refractivity contribution is 0.411. The van der Waals surface area contributed by atoms with Gasteiger partial charge in [-0.2, -0.15) is 0 Å². The van der Waals surface area contributed by atoms with Crippen molar-refractivity contribution in [2.45, 2.75) is 44.7 Å². The van der Waals surface area contributed by atoms with Crippen molar-refractivity contribution in [3.05, 3.63) is 28.2 Å². The Bertz CT molecular complexity index is 357. The molecule has 0 aromatic heterocycles. The van der Waals surface area contributed by atoms with Crippen molar-refractivity contribution in [1.82, 2.24) is 0 Å². The first-order chi connectivity index (χ1) is 7.65. The molecule has 1 aromatic carbocycles. The van der Waals surface area contributed by atoms with E-state index in [2.05, 4.69) is 46.4 Å². The Morgan fingerprint density at radius 1 is 1.25 bits per heavy atom. The number of nitrogens with two attached hydrogens (primary N) is 1. The van der Waals surface area contributed by atoms with E-state index in [0.29, 0.717) is 12.1 Å². The molecule has 0 atom stereocenters. The Balaban J connectivity index is 1.98. The van der Waals surface area contributed by atoms with E-state index in [1.54, 1.807) is 0 Å². The monoisotopic (exact) mass is 282 g/mol. The summed E-state index contributed by atoms with van der Waals surface area (Å²) < 4.78 is 1.14. The maximum atomic E-state index is 5.91. The van der Waals surface area contributed by atoms with Gasteiger partial charge in [0, 0.05) is 22.2 Å². The van der Waals surface area contributed by atoms with E-state index in [-0.39, 0.29) is 0 Å². The van der Waals surface area contributed by atoms with Crippen LogP contribution in [0.15, 0.2) is 22.7 Å². The van der Waals surface area contributed by atoms with Crippen molar-refractivity contribution in [2.75, 3.05) is 5.32 Å². The Labute approximate surface area is 106 Å². The summed E-state index contributed by atoms with van der Waals surface area (Å²) in [6, 6.07) is 7.40. The van der Waals surface area contributed by atoms with Crippen LogP contribution in [0.4, 0.5) is 5.69 Å². The van der Waals surface area contributed by atoms with Crippen LogP contribution in [0.5, 0.6) is 0 Å². The third-order valence-corrected chi connectivity index (χ3v) is 3.81. The van der Waals surface area contributed by atoms with Crippen LogP contribution in [-0.2, 0) is 0 Å². The summed E-state index contributed by atoms with van der Waals surface area (Å²) in [5, 5.41) is 3.62. The SMILES string of the molecule is Cc1cc(Br)ccc1NC1CCC(N)CC1. The number of halogens is 1. The molecular formula is C13H19BrN2. The number of hydrogen-bond donors (Lipinski definition) is 2. The first-order valence-corrected chi connectivity index (χ1v) is 6.73. The minimum atomic E-state index is 0.420. The molecule has 1 aromatic rings. The first kappa shape index (κ1) is 11.9. The molecule has 3 heteroatoms. The largest absolute Gasteiger partial charge is 0.382 e. The smallest absolute Gasteiger partial charge is 0.0372 e. The Kier molecular flexibility index (Phi) is 3.87. The van der Waals surface area contributed by atoms with Gasteiger partial charge in [-0.3, -0.25) is 0 Å². The summed E-state index contributed by atoms with van der Waals surface area (Å²) in [7, 11) is 0. The summed E-state index contributed by atoms with van der Waals surface area (Å²) in [5.41, 5.74) is 8.46. The molecule has 2 nitrogen and oxygen atoms in total. The van der Waals surface area contributed by atoms with Crippen LogP contribution in [0.3, 0.4) is 0 Å². The van der Waals surface area contributed by atoms with Gasteiger partial charge in [0.2, 0.25) is 0 Å². The predicted molar refractivity (Wildman–Crippen MR) is 72.7 cm³/mol. The van der Waals surface area contributed by atoms with Crippen molar-refractivity contribution in [2.24, 2.45) is 5.73 Å². The van der Waals surface area contributed by atoms with Crippen LogP contribution in [-0.4, -0.2) is 12.1 Å². The molecule has 88 valence electrons. The van der Waals surface area contributed by atoms with E-state index in [4.69, 9.17) is 5.73 Å². The minimum absolute atomic E-state index is 0.420. The number of aryl methyl sites for hydroxylation is 1. The van der Waals surface area contributed by atoms with Gasteiger partial charge in [-0.1, -0.05) is 15.9 Å². The number of nitrogens with one attached hydrogen (secondary N) is 1. The lowest BCUT2D eigenvalue weighted by Crippen LogP contribution is -2.32. The average molecular weight is 283 g/mol. The normalized spacial score (nSPS) is 25.4. The molecule has 0 spiro atoms. The van der Waals surface area contributed by atoms with Gasteiger partial charge in [-0.05, 0) is 56.4 Å². The van der Waals surface area contributed by atoms with Crippen molar-refractivity contribution >= 4 is 21.6 Å². The van der Waals surface area contributed by atoms with E-state index in [0.717, 1.165) is 17.3 Å². The molecule has 2 rings (SSSR count). The minimum Gasteiger partial charge on any atom is -0.382 e. The molecule has 0 unspecified atom stereocenters. The highest BCUT2D eigenvalue weighted by molar-refractivity contribution is 9.10. The zero-order chi connectivity index (χ0) is 11.5. The highest BCUT2D eigenvalue weighted by Gasteiger charge is 2.18. The van der Waals surface area contributed by atoms with Gasteiger partial charge in [0.25, 0.3) is 0 Å². The van der Waals surface area contributed by atoms with Gasteiger partial charge in [0.15, 0.2) is 0 Å². The van der Waals surface area contributed by atoms with Crippen LogP contribution in [0.2, 0.25) is 0 Å². The zero-order valence-electron chi connectivity index (χ0n) is 9.67. The van der Waals surface area contributed by atoms with Gasteiger partial charge in [-0.15, -0.1) is 0 Å². The van der Waals surface area contributed by atoms with E-state index >= 15 is 0 Å². The average Bonchev–Trinajstić information content (AvgIpc) is 2.25. The van der Waals surface area contributed by atoms with Gasteiger partial charge in [0.05, 0.1) is 0 Å². The van der Waals surface area contributed by atoms with Crippen LogP contribution in [0.25, 0.3) is 0 Å². The Hall–Kier alpha value is -0.540. The van der Waals surface area contributed by atoms with Gasteiger partial charge in [-0.25, -0.2) is 0 Å². The quantitative estimate of drug-likeness (QED) is 0.872. The lowest BCUT2D eigenvalue weighted by Gasteiger charge is -2.28. The molecule has 0 amide bonds. The standard InChI is InChI=1S/C13H19BrN2/c1-9-8-10(14)2-7-13(9)16-12-5-3-11(15)4-6-12/h2,7-8,11-12,16H,3-6,15H2,1H3. The zero-order valence-corrected chi connectivity index (χ0v) is 11.3. The fourth-order valence-corrected chi connectivity index (χ4v) is 2.75. The Morgan fingerprint density at radius 3 is 2.56 bits per heavy atom. The van der Waals surface area contributed by atoms with Crippen LogP contribution >= 0.6 is 15.9 Å². The second kappa shape index (κ2) is 5.19. The van der Waals surface area contributed by atoms with E-state index < -0.39 is 0 Å². The fraction of sp³-hybridized carbons (Fsp3) is 0.538. The highest BCUT2D eigenvalue weighted by Crippen LogP contribution is 2.25. The van der Waals surface area contributed by atoms with Gasteiger partial charge < -0.3 is 11.1 Å². The van der Waals surface area contributed by atoms with Crippen molar-refractivity contribution in [3.8, 4) is 0 Å². The number of hydrogen-bond acceptors (Lipinski definition) is 2. The predicted octanol–water partition coefficient (Wildman–Crippen LogP) is 3.44. The first-order valence-electron chi connectivity index (χ1n) is 5.93. The third kappa shape index (κ3) is 2.98. The third-order valence-electron chi connectivity index (χ3n) is 3.32. The molecule has 3 N–H and O–H groups in total. The molecule has 1 aliphatic carbocycles. The van der Waals surface area contributed by atoms with Crippen molar-refractivity contribution in [3.63, 3.8) is 0 Å². The van der Waals surface area contributed by atoms with Crippen LogP contribution in [0, 0.1) is 6.92 Å². The molecule has 0 radical (unpaired) electrons.